The summed E-state index contributed by atoms with van der Waals surface area (Å²) < 4.78 is 11.2. The van der Waals surface area contributed by atoms with Crippen LogP contribution in [0.15, 0.2) is 11.6 Å². The number of rotatable bonds is 1. The third kappa shape index (κ3) is 2.26. The molecule has 3 aliphatic rings. The van der Waals surface area contributed by atoms with E-state index in [2.05, 4.69) is 6.08 Å². The van der Waals surface area contributed by atoms with E-state index in [0.717, 1.165) is 12.0 Å². The van der Waals surface area contributed by atoms with Crippen molar-refractivity contribution in [3.05, 3.63) is 11.6 Å². The maximum atomic E-state index is 12.1. The summed E-state index contributed by atoms with van der Waals surface area (Å²) in [5.41, 5.74) is 0.209. The average Bonchev–Trinajstić information content (AvgIpc) is 2.87. The molecular weight excluding hydrogens is 284 g/mol. The molecule has 5 nitrogen and oxygen atoms in total. The van der Waals surface area contributed by atoms with Gasteiger partial charge in [0, 0.05) is 31.1 Å². The largest absolute Gasteiger partial charge is 0.462 e. The fourth-order valence-corrected chi connectivity index (χ4v) is 4.68. The fourth-order valence-electron chi connectivity index (χ4n) is 4.68. The maximum absolute atomic E-state index is 12.1. The first-order valence-corrected chi connectivity index (χ1v) is 7.99. The van der Waals surface area contributed by atoms with Crippen LogP contribution in [-0.2, 0) is 19.1 Å². The van der Waals surface area contributed by atoms with Crippen LogP contribution in [0.1, 0.15) is 40.5 Å². The fraction of sp³-hybridized carbons (Fsp3) is 0.765. The molecule has 1 N–H and O–H groups in total. The van der Waals surface area contributed by atoms with E-state index in [9.17, 15) is 14.7 Å². The second-order valence-electron chi connectivity index (χ2n) is 7.29. The van der Waals surface area contributed by atoms with Gasteiger partial charge in [-0.2, -0.15) is 0 Å². The quantitative estimate of drug-likeness (QED) is 0.591. The Morgan fingerprint density at radius 1 is 1.50 bits per heavy atom. The van der Waals surface area contributed by atoms with Gasteiger partial charge in [-0.25, -0.2) is 0 Å². The zero-order valence-corrected chi connectivity index (χ0v) is 13.5. The van der Waals surface area contributed by atoms with Crippen LogP contribution in [0.5, 0.6) is 0 Å². The van der Waals surface area contributed by atoms with Crippen LogP contribution in [0.3, 0.4) is 0 Å². The number of hydrogen-bond donors (Lipinski definition) is 1. The molecule has 0 aromatic heterocycles. The van der Waals surface area contributed by atoms with Gasteiger partial charge in [0.1, 0.15) is 12.2 Å². The minimum absolute atomic E-state index is 0.00124. The molecule has 1 unspecified atom stereocenters. The van der Waals surface area contributed by atoms with Crippen molar-refractivity contribution in [3.8, 4) is 0 Å². The predicted molar refractivity (Wildman–Crippen MR) is 78.7 cm³/mol. The van der Waals surface area contributed by atoms with Crippen molar-refractivity contribution < 1.29 is 24.2 Å². The van der Waals surface area contributed by atoms with E-state index in [1.165, 1.54) is 6.92 Å². The molecular formula is C17H24O5. The van der Waals surface area contributed by atoms with Gasteiger partial charge in [-0.15, -0.1) is 0 Å². The van der Waals surface area contributed by atoms with Crippen molar-refractivity contribution in [2.45, 2.75) is 58.3 Å². The van der Waals surface area contributed by atoms with Crippen LogP contribution in [0.4, 0.5) is 0 Å². The molecule has 0 spiro atoms. The van der Waals surface area contributed by atoms with Crippen LogP contribution in [-0.4, -0.2) is 34.9 Å². The zero-order valence-electron chi connectivity index (χ0n) is 13.5. The first-order valence-electron chi connectivity index (χ1n) is 7.99. The van der Waals surface area contributed by atoms with Crippen LogP contribution < -0.4 is 0 Å². The molecule has 0 aromatic carbocycles. The van der Waals surface area contributed by atoms with E-state index in [1.54, 1.807) is 6.92 Å². The Bertz CT molecular complexity index is 535. The number of esters is 2. The van der Waals surface area contributed by atoms with E-state index in [0.29, 0.717) is 6.42 Å². The minimum Gasteiger partial charge on any atom is -0.462 e. The molecule has 0 amide bonds. The molecule has 3 rings (SSSR count). The Kier molecular flexibility index (Phi) is 3.59. The Morgan fingerprint density at radius 3 is 2.82 bits per heavy atom. The predicted octanol–water partition coefficient (Wildman–Crippen LogP) is 1.83. The molecule has 0 radical (unpaired) electrons. The molecule has 1 heterocycles. The summed E-state index contributed by atoms with van der Waals surface area (Å²) in [5.74, 6) is -1.12. The van der Waals surface area contributed by atoms with Gasteiger partial charge < -0.3 is 14.6 Å². The van der Waals surface area contributed by atoms with Crippen LogP contribution in [0.2, 0.25) is 0 Å². The number of ether oxygens (including phenoxy) is 2. The highest BCUT2D eigenvalue weighted by Crippen LogP contribution is 2.52. The van der Waals surface area contributed by atoms with E-state index in [4.69, 9.17) is 9.47 Å². The minimum atomic E-state index is -0.949. The second kappa shape index (κ2) is 5.08. The maximum Gasteiger partial charge on any atom is 0.309 e. The molecule has 122 valence electrons. The number of hydrogen-bond acceptors (Lipinski definition) is 5. The molecule has 22 heavy (non-hydrogen) atoms. The van der Waals surface area contributed by atoms with Crippen molar-refractivity contribution in [2.75, 3.05) is 0 Å². The molecule has 5 heteroatoms. The van der Waals surface area contributed by atoms with Crippen molar-refractivity contribution in [1.82, 2.24) is 0 Å². The SMILES string of the molecule is CC(=O)O[C@H]1C[C@@](C)(O)C2CC=C(C)[C@@H]2[C@H]2OC(=O)[C@@H](C)[C@@H]21. The Balaban J connectivity index is 2.03. The standard InChI is InChI=1S/C17H24O5/c1-8-5-6-11-13(8)15-14(9(2)16(19)22-15)12(21-10(3)18)7-17(11,4)20/h5,9,11-15,20H,6-7H2,1-4H3/t9-,11?,12-,13-,14+,15+,17+/m0/s1. The summed E-state index contributed by atoms with van der Waals surface area (Å²) in [6.45, 7) is 7.03. The second-order valence-corrected chi connectivity index (χ2v) is 7.29. The lowest BCUT2D eigenvalue weighted by molar-refractivity contribution is -0.154. The van der Waals surface area contributed by atoms with Crippen molar-refractivity contribution in [3.63, 3.8) is 0 Å². The molecule has 1 saturated carbocycles. The summed E-state index contributed by atoms with van der Waals surface area (Å²) >= 11 is 0. The molecule has 1 saturated heterocycles. The highest BCUT2D eigenvalue weighted by molar-refractivity contribution is 5.75. The van der Waals surface area contributed by atoms with Crippen molar-refractivity contribution in [2.24, 2.45) is 23.7 Å². The average molecular weight is 308 g/mol. The van der Waals surface area contributed by atoms with Gasteiger partial charge in [-0.1, -0.05) is 18.6 Å². The van der Waals surface area contributed by atoms with Gasteiger partial charge in [-0.3, -0.25) is 9.59 Å². The highest BCUT2D eigenvalue weighted by Gasteiger charge is 2.59. The summed E-state index contributed by atoms with van der Waals surface area (Å²) in [5, 5.41) is 11.0. The zero-order chi connectivity index (χ0) is 16.2. The summed E-state index contributed by atoms with van der Waals surface area (Å²) in [6.07, 6.45) is 2.44. The summed E-state index contributed by atoms with van der Waals surface area (Å²) in [4.78, 5) is 23.6. The number of aliphatic hydroxyl groups is 1. The van der Waals surface area contributed by atoms with Crippen LogP contribution in [0, 0.1) is 23.7 Å². The lowest BCUT2D eigenvalue weighted by Gasteiger charge is -2.34. The van der Waals surface area contributed by atoms with Gasteiger partial charge in [0.05, 0.1) is 11.5 Å². The van der Waals surface area contributed by atoms with Gasteiger partial charge in [0.25, 0.3) is 0 Å². The molecule has 0 aromatic rings. The van der Waals surface area contributed by atoms with E-state index < -0.39 is 11.7 Å². The topological polar surface area (TPSA) is 72.8 Å². The van der Waals surface area contributed by atoms with Crippen molar-refractivity contribution >= 4 is 11.9 Å². The van der Waals surface area contributed by atoms with Gasteiger partial charge >= 0.3 is 11.9 Å². The Labute approximate surface area is 130 Å². The number of carbonyl (C=O) groups excluding carboxylic acids is 2. The van der Waals surface area contributed by atoms with E-state index >= 15 is 0 Å². The third-order valence-corrected chi connectivity index (χ3v) is 5.75. The molecule has 1 aliphatic heterocycles. The Morgan fingerprint density at radius 2 is 2.18 bits per heavy atom. The monoisotopic (exact) mass is 308 g/mol. The third-order valence-electron chi connectivity index (χ3n) is 5.75. The molecule has 2 aliphatic carbocycles. The van der Waals surface area contributed by atoms with Crippen molar-refractivity contribution in [1.29, 1.82) is 0 Å². The van der Waals surface area contributed by atoms with E-state index in [-0.39, 0.29) is 41.7 Å². The van der Waals surface area contributed by atoms with Gasteiger partial charge in [-0.05, 0) is 20.3 Å². The lowest BCUT2D eigenvalue weighted by Crippen LogP contribution is -2.40. The number of fused-ring (bicyclic) bond motifs is 3. The number of carbonyl (C=O) groups is 2. The first-order chi connectivity index (χ1) is 10.2. The number of allylic oxidation sites excluding steroid dienone is 1. The smallest absolute Gasteiger partial charge is 0.309 e. The Hall–Kier alpha value is -1.36. The lowest BCUT2D eigenvalue weighted by atomic mass is 9.76. The normalized spacial score (nSPS) is 47.1. The van der Waals surface area contributed by atoms with Crippen LogP contribution >= 0.6 is 0 Å². The highest BCUT2D eigenvalue weighted by atomic mass is 16.6. The van der Waals surface area contributed by atoms with Gasteiger partial charge in [0.2, 0.25) is 0 Å². The summed E-state index contributed by atoms with van der Waals surface area (Å²) in [6, 6.07) is 0. The van der Waals surface area contributed by atoms with E-state index in [1.807, 2.05) is 13.8 Å². The molecule has 7 atom stereocenters. The van der Waals surface area contributed by atoms with Gasteiger partial charge in [0.15, 0.2) is 0 Å². The first kappa shape index (κ1) is 15.5. The van der Waals surface area contributed by atoms with Crippen LogP contribution in [0.25, 0.3) is 0 Å². The molecule has 2 fully saturated rings. The summed E-state index contributed by atoms with van der Waals surface area (Å²) in [7, 11) is 0. The molecule has 0 bridgehead atoms.